The lowest BCUT2D eigenvalue weighted by Crippen LogP contribution is -2.33. The smallest absolute Gasteiger partial charge is 0.358 e. The summed E-state index contributed by atoms with van der Waals surface area (Å²) in [7, 11) is 0. The molecule has 0 spiro atoms. The Morgan fingerprint density at radius 3 is 2.21 bits per heavy atom. The molecule has 0 unspecified atom stereocenters. The summed E-state index contributed by atoms with van der Waals surface area (Å²) in [4.78, 5) is 27.5. The molecule has 0 aliphatic carbocycles. The van der Waals surface area contributed by atoms with E-state index in [1.807, 2.05) is 35.2 Å². The van der Waals surface area contributed by atoms with E-state index in [1.54, 1.807) is 17.7 Å². The van der Waals surface area contributed by atoms with Crippen LogP contribution < -0.4 is 0 Å². The Labute approximate surface area is 201 Å². The van der Waals surface area contributed by atoms with Gasteiger partial charge in [0.2, 0.25) is 0 Å². The number of amides is 1. The van der Waals surface area contributed by atoms with E-state index in [0.717, 1.165) is 48.4 Å². The molecule has 1 fully saturated rings. The van der Waals surface area contributed by atoms with Crippen molar-refractivity contribution in [3.05, 3.63) is 70.9 Å². The molecule has 6 heteroatoms. The first-order chi connectivity index (χ1) is 16.5. The van der Waals surface area contributed by atoms with Gasteiger partial charge in [0.1, 0.15) is 0 Å². The van der Waals surface area contributed by atoms with E-state index in [2.05, 4.69) is 31.1 Å². The Kier molecular flexibility index (Phi) is 7.46. The van der Waals surface area contributed by atoms with Crippen molar-refractivity contribution in [3.8, 4) is 16.9 Å². The number of nitrogens with zero attached hydrogens (tertiary/aromatic N) is 3. The Balaban J connectivity index is 1.66. The number of ether oxygens (including phenoxy) is 1. The molecule has 0 atom stereocenters. The Hall–Kier alpha value is -3.41. The van der Waals surface area contributed by atoms with Crippen LogP contribution in [0.1, 0.15) is 71.0 Å². The van der Waals surface area contributed by atoms with Crippen molar-refractivity contribution >= 4 is 11.9 Å². The van der Waals surface area contributed by atoms with Crippen LogP contribution in [0.3, 0.4) is 0 Å². The van der Waals surface area contributed by atoms with Gasteiger partial charge in [-0.05, 0) is 81.1 Å². The Morgan fingerprint density at radius 2 is 1.56 bits per heavy atom. The summed E-state index contributed by atoms with van der Waals surface area (Å²) in [6, 6.07) is 15.5. The summed E-state index contributed by atoms with van der Waals surface area (Å²) in [5.41, 5.74) is 5.85. The predicted molar refractivity (Wildman–Crippen MR) is 133 cm³/mol. The Bertz CT molecular complexity index is 1160. The molecule has 4 rings (SSSR count). The minimum Gasteiger partial charge on any atom is -0.461 e. The highest BCUT2D eigenvalue weighted by Crippen LogP contribution is 2.27. The number of carbonyl (C=O) groups is 2. The number of aromatic nitrogens is 2. The molecule has 1 aromatic heterocycles. The highest BCUT2D eigenvalue weighted by molar-refractivity contribution is 5.94. The standard InChI is InChI=1S/C28H33N3O3/c1-4-34-28(33)25-19-26(23-11-10-20(2)21(3)18-23)31(29-25)24-14-12-22(13-15-24)27(32)30-16-8-6-5-7-9-17-30/h10-15,18-19H,4-9,16-17H2,1-3H3. The topological polar surface area (TPSA) is 64.4 Å². The van der Waals surface area contributed by atoms with E-state index in [-0.39, 0.29) is 18.2 Å². The summed E-state index contributed by atoms with van der Waals surface area (Å²) in [5.74, 6) is -0.370. The molecule has 0 bridgehead atoms. The third-order valence-electron chi connectivity index (χ3n) is 6.50. The second-order valence-corrected chi connectivity index (χ2v) is 8.95. The van der Waals surface area contributed by atoms with E-state index in [4.69, 9.17) is 4.74 Å². The van der Waals surface area contributed by atoms with Crippen molar-refractivity contribution < 1.29 is 14.3 Å². The molecule has 1 aliphatic heterocycles. The number of hydrogen-bond donors (Lipinski definition) is 0. The van der Waals surface area contributed by atoms with Crippen LogP contribution in [0.4, 0.5) is 0 Å². The van der Waals surface area contributed by atoms with Crippen molar-refractivity contribution in [3.63, 3.8) is 0 Å². The molecule has 1 amide bonds. The number of aryl methyl sites for hydroxylation is 2. The van der Waals surface area contributed by atoms with Crippen LogP contribution in [0.15, 0.2) is 48.5 Å². The van der Waals surface area contributed by atoms with Crippen LogP contribution >= 0.6 is 0 Å². The van der Waals surface area contributed by atoms with Crippen molar-refractivity contribution in [1.82, 2.24) is 14.7 Å². The molecule has 0 saturated carbocycles. The van der Waals surface area contributed by atoms with E-state index < -0.39 is 5.97 Å². The molecule has 178 valence electrons. The third kappa shape index (κ3) is 5.22. The molecule has 2 heterocycles. The van der Waals surface area contributed by atoms with Crippen LogP contribution in [0, 0.1) is 13.8 Å². The molecule has 34 heavy (non-hydrogen) atoms. The van der Waals surface area contributed by atoms with E-state index in [9.17, 15) is 9.59 Å². The first-order valence-corrected chi connectivity index (χ1v) is 12.2. The lowest BCUT2D eigenvalue weighted by Gasteiger charge is -2.25. The lowest BCUT2D eigenvalue weighted by molar-refractivity contribution is 0.0518. The minimum atomic E-state index is -0.449. The van der Waals surface area contributed by atoms with Crippen LogP contribution in [-0.4, -0.2) is 46.3 Å². The van der Waals surface area contributed by atoms with Crippen LogP contribution in [0.5, 0.6) is 0 Å². The van der Waals surface area contributed by atoms with Crippen molar-refractivity contribution in [2.45, 2.75) is 52.9 Å². The van der Waals surface area contributed by atoms with Gasteiger partial charge < -0.3 is 9.64 Å². The SMILES string of the molecule is CCOC(=O)c1cc(-c2ccc(C)c(C)c2)n(-c2ccc(C(=O)N3CCCCCCC3)cc2)n1. The van der Waals surface area contributed by atoms with Gasteiger partial charge in [-0.2, -0.15) is 5.10 Å². The molecule has 0 radical (unpaired) electrons. The molecule has 1 saturated heterocycles. The van der Waals surface area contributed by atoms with Gasteiger partial charge in [0, 0.05) is 24.2 Å². The highest BCUT2D eigenvalue weighted by atomic mass is 16.5. The maximum absolute atomic E-state index is 13.1. The number of benzene rings is 2. The molecular formula is C28H33N3O3. The maximum atomic E-state index is 13.1. The van der Waals surface area contributed by atoms with Crippen molar-refractivity contribution in [1.29, 1.82) is 0 Å². The van der Waals surface area contributed by atoms with Gasteiger partial charge in [0.05, 0.1) is 18.0 Å². The van der Waals surface area contributed by atoms with Gasteiger partial charge in [-0.3, -0.25) is 4.79 Å². The molecule has 3 aromatic rings. The number of likely N-dealkylation sites (tertiary alicyclic amines) is 1. The fourth-order valence-corrected chi connectivity index (χ4v) is 4.37. The summed E-state index contributed by atoms with van der Waals surface area (Å²) in [6.45, 7) is 7.84. The van der Waals surface area contributed by atoms with Crippen molar-refractivity contribution in [2.24, 2.45) is 0 Å². The monoisotopic (exact) mass is 459 g/mol. The average Bonchev–Trinajstić information content (AvgIpc) is 3.26. The zero-order valence-corrected chi connectivity index (χ0v) is 20.3. The number of rotatable bonds is 5. The summed E-state index contributed by atoms with van der Waals surface area (Å²) in [6.07, 6.45) is 5.76. The highest BCUT2D eigenvalue weighted by Gasteiger charge is 2.20. The molecule has 2 aromatic carbocycles. The van der Waals surface area contributed by atoms with E-state index in [1.165, 1.54) is 24.8 Å². The van der Waals surface area contributed by atoms with Gasteiger partial charge in [-0.1, -0.05) is 31.4 Å². The number of esters is 1. The minimum absolute atomic E-state index is 0.0792. The average molecular weight is 460 g/mol. The van der Waals surface area contributed by atoms with Gasteiger partial charge in [-0.15, -0.1) is 0 Å². The van der Waals surface area contributed by atoms with Crippen LogP contribution in [0.2, 0.25) is 0 Å². The largest absolute Gasteiger partial charge is 0.461 e. The molecule has 6 nitrogen and oxygen atoms in total. The zero-order valence-electron chi connectivity index (χ0n) is 20.3. The van der Waals surface area contributed by atoms with E-state index in [0.29, 0.717) is 5.56 Å². The van der Waals surface area contributed by atoms with Gasteiger partial charge in [0.25, 0.3) is 5.91 Å². The van der Waals surface area contributed by atoms with Gasteiger partial charge in [0.15, 0.2) is 5.69 Å². The Morgan fingerprint density at radius 1 is 0.882 bits per heavy atom. The van der Waals surface area contributed by atoms with Crippen LogP contribution in [-0.2, 0) is 4.74 Å². The fourth-order valence-electron chi connectivity index (χ4n) is 4.37. The second kappa shape index (κ2) is 10.7. The quantitative estimate of drug-likeness (QED) is 0.457. The first kappa shape index (κ1) is 23.7. The maximum Gasteiger partial charge on any atom is 0.358 e. The second-order valence-electron chi connectivity index (χ2n) is 8.95. The van der Waals surface area contributed by atoms with Crippen molar-refractivity contribution in [2.75, 3.05) is 19.7 Å². The third-order valence-corrected chi connectivity index (χ3v) is 6.50. The van der Waals surface area contributed by atoms with Gasteiger partial charge >= 0.3 is 5.97 Å². The predicted octanol–water partition coefficient (Wildman–Crippen LogP) is 5.74. The molecular weight excluding hydrogens is 426 g/mol. The molecule has 0 N–H and O–H groups in total. The van der Waals surface area contributed by atoms with Gasteiger partial charge in [-0.25, -0.2) is 9.48 Å². The number of hydrogen-bond acceptors (Lipinski definition) is 4. The van der Waals surface area contributed by atoms with E-state index >= 15 is 0 Å². The fraction of sp³-hybridized carbons (Fsp3) is 0.393. The number of carbonyl (C=O) groups excluding carboxylic acids is 2. The lowest BCUT2D eigenvalue weighted by atomic mass is 10.0. The van der Waals surface area contributed by atoms with Crippen LogP contribution in [0.25, 0.3) is 16.9 Å². The zero-order chi connectivity index (χ0) is 24.1. The normalized spacial score (nSPS) is 14.4. The first-order valence-electron chi connectivity index (χ1n) is 12.2. The summed E-state index contributed by atoms with van der Waals surface area (Å²) in [5, 5.41) is 4.56. The summed E-state index contributed by atoms with van der Waals surface area (Å²) >= 11 is 0. The molecule has 1 aliphatic rings. The summed E-state index contributed by atoms with van der Waals surface area (Å²) < 4.78 is 6.93.